The number of hydrogen-bond acceptors (Lipinski definition) is 6. The maximum Gasteiger partial charge on any atom is 0.299 e. The van der Waals surface area contributed by atoms with E-state index in [4.69, 9.17) is 15.6 Å². The van der Waals surface area contributed by atoms with E-state index in [1.165, 1.54) is 24.3 Å². The van der Waals surface area contributed by atoms with Gasteiger partial charge in [-0.2, -0.15) is 0 Å². The number of nitrogens with two attached hydrogens (primary N) is 1. The van der Waals surface area contributed by atoms with Crippen LogP contribution in [0.15, 0.2) is 72.9 Å². The number of aliphatic hydroxyl groups excluding tert-OH is 1. The summed E-state index contributed by atoms with van der Waals surface area (Å²) < 4.78 is 7.03. The molecule has 1 amide bonds. The van der Waals surface area contributed by atoms with E-state index < -0.39 is 18.4 Å². The summed E-state index contributed by atoms with van der Waals surface area (Å²) in [6.07, 6.45) is 1.64. The number of nitroso groups, excluding NO2 is 1. The van der Waals surface area contributed by atoms with E-state index in [9.17, 15) is 14.5 Å². The average Bonchev–Trinajstić information content (AvgIpc) is 3.15. The lowest BCUT2D eigenvalue weighted by Gasteiger charge is -2.07. The molecular weight excluding hydrogens is 424 g/mol. The van der Waals surface area contributed by atoms with Gasteiger partial charge < -0.3 is 25.3 Å². The van der Waals surface area contributed by atoms with Crippen LogP contribution in [-0.4, -0.2) is 39.8 Å². The number of hydrogen-bond donors (Lipinski definition) is 3. The van der Waals surface area contributed by atoms with Crippen molar-refractivity contribution in [3.8, 4) is 5.75 Å². The monoisotopic (exact) mass is 445 g/mol. The number of aromatic nitrogens is 1. The Morgan fingerprint density at radius 1 is 1.09 bits per heavy atom. The molecule has 0 aliphatic carbocycles. The molecule has 0 fully saturated rings. The van der Waals surface area contributed by atoms with E-state index in [2.05, 4.69) is 5.32 Å². The van der Waals surface area contributed by atoms with Crippen molar-refractivity contribution in [2.75, 3.05) is 24.9 Å². The topological polar surface area (TPSA) is 126 Å². The summed E-state index contributed by atoms with van der Waals surface area (Å²) in [6.45, 7) is -0.747. The maximum absolute atomic E-state index is 13.4. The normalized spacial score (nSPS) is 10.7. The minimum Gasteiger partial charge on any atom is -0.497 e. The van der Waals surface area contributed by atoms with Crippen LogP contribution in [0.5, 0.6) is 5.75 Å². The summed E-state index contributed by atoms with van der Waals surface area (Å²) >= 11 is 0. The third-order valence-corrected chi connectivity index (χ3v) is 5.20. The molecule has 166 valence electrons. The molecule has 4 aromatic rings. The number of nitrogen functional groups attached to an aromatic ring is 1. The van der Waals surface area contributed by atoms with Gasteiger partial charge in [0, 0.05) is 34.5 Å². The predicted octanol–water partition coefficient (Wildman–Crippen LogP) is 3.37. The lowest BCUT2D eigenvalue weighted by Crippen LogP contribution is -2.14. The second kappa shape index (κ2) is 8.93. The molecule has 0 aliphatic heterocycles. The van der Waals surface area contributed by atoms with E-state index in [0.29, 0.717) is 21.7 Å². The minimum absolute atomic E-state index is 0.0174. The number of amides is 1. The molecule has 2 heterocycles. The van der Waals surface area contributed by atoms with Crippen molar-refractivity contribution in [1.82, 2.24) is 4.40 Å². The van der Waals surface area contributed by atoms with Crippen LogP contribution in [-0.2, 0) is 0 Å². The summed E-state index contributed by atoms with van der Waals surface area (Å²) in [5.41, 5.74) is 7.94. The highest BCUT2D eigenvalue weighted by Crippen LogP contribution is 2.30. The number of carbonyl (C=O) groups excluding carboxylic acids is 2. The van der Waals surface area contributed by atoms with E-state index >= 15 is 0 Å². The van der Waals surface area contributed by atoms with Crippen LogP contribution < -0.4 is 15.8 Å². The summed E-state index contributed by atoms with van der Waals surface area (Å²) in [6, 6.07) is 17.9. The summed E-state index contributed by atoms with van der Waals surface area (Å²) in [5, 5.41) is 11.9. The van der Waals surface area contributed by atoms with Crippen LogP contribution >= 0.6 is 0 Å². The van der Waals surface area contributed by atoms with Crippen LogP contribution in [0.3, 0.4) is 0 Å². The van der Waals surface area contributed by atoms with Gasteiger partial charge in [0.15, 0.2) is 0 Å². The van der Waals surface area contributed by atoms with E-state index in [0.717, 1.165) is 0 Å². The van der Waals surface area contributed by atoms with Gasteiger partial charge in [0.1, 0.15) is 11.4 Å². The molecule has 33 heavy (non-hydrogen) atoms. The summed E-state index contributed by atoms with van der Waals surface area (Å²) in [5.74, 6) is -0.291. The molecule has 0 aliphatic rings. The van der Waals surface area contributed by atoms with Gasteiger partial charge in [-0.3, -0.25) is 9.59 Å². The molecule has 0 saturated heterocycles. The summed E-state index contributed by atoms with van der Waals surface area (Å²) in [4.78, 5) is 38.3. The fraction of sp³-hybridized carbons (Fsp3) is 0.0833. The smallest absolute Gasteiger partial charge is 0.299 e. The number of benzene rings is 2. The molecule has 4 N–H and O–H groups in total. The largest absolute Gasteiger partial charge is 0.497 e. The van der Waals surface area contributed by atoms with Crippen molar-refractivity contribution >= 4 is 34.3 Å². The second-order valence-electron chi connectivity index (χ2n) is 7.18. The molecule has 0 saturated carbocycles. The number of anilines is 2. The zero-order valence-electron chi connectivity index (χ0n) is 17.7. The molecule has 9 nitrogen and oxygen atoms in total. The Hall–Kier alpha value is -4.50. The Bertz CT molecular complexity index is 1380. The van der Waals surface area contributed by atoms with Gasteiger partial charge in [-0.05, 0) is 36.4 Å². The fourth-order valence-electron chi connectivity index (χ4n) is 3.59. The van der Waals surface area contributed by atoms with Crippen LogP contribution in [0.1, 0.15) is 26.4 Å². The minimum atomic E-state index is -0.747. The maximum atomic E-state index is 13.4. The van der Waals surface area contributed by atoms with Gasteiger partial charge >= 0.3 is 0 Å². The SMILES string of the molecule is COc1ccc(NC(=O)c2c(N)c(C(=O)c3cccc([N+](=O)CO)c3)n3ccccc23)cc1. The molecule has 0 unspecified atom stereocenters. The third-order valence-electron chi connectivity index (χ3n) is 5.20. The van der Waals surface area contributed by atoms with Crippen LogP contribution in [0.4, 0.5) is 17.1 Å². The van der Waals surface area contributed by atoms with Crippen LogP contribution in [0.25, 0.3) is 5.52 Å². The van der Waals surface area contributed by atoms with E-state index in [-0.39, 0.29) is 28.2 Å². The van der Waals surface area contributed by atoms with Crippen LogP contribution in [0.2, 0.25) is 0 Å². The first kappa shape index (κ1) is 21.7. The molecule has 0 radical (unpaired) electrons. The first-order valence-electron chi connectivity index (χ1n) is 9.98. The molecule has 0 spiro atoms. The molecule has 4 rings (SSSR count). The van der Waals surface area contributed by atoms with Gasteiger partial charge in [0.25, 0.3) is 18.3 Å². The highest BCUT2D eigenvalue weighted by atomic mass is 16.5. The number of ketones is 1. The highest BCUT2D eigenvalue weighted by Gasteiger charge is 2.27. The molecule has 0 atom stereocenters. The van der Waals surface area contributed by atoms with Gasteiger partial charge in [-0.25, -0.2) is 0 Å². The first-order chi connectivity index (χ1) is 15.9. The van der Waals surface area contributed by atoms with Crippen molar-refractivity contribution in [2.24, 2.45) is 0 Å². The highest BCUT2D eigenvalue weighted by molar-refractivity contribution is 6.20. The number of aliphatic hydroxyl groups is 1. The van der Waals surface area contributed by atoms with Gasteiger partial charge in [0.05, 0.1) is 28.6 Å². The molecule has 9 heteroatoms. The lowest BCUT2D eigenvalue weighted by molar-refractivity contribution is -0.505. The van der Waals surface area contributed by atoms with Crippen molar-refractivity contribution in [3.05, 3.63) is 94.7 Å². The predicted molar refractivity (Wildman–Crippen MR) is 123 cm³/mol. The Balaban J connectivity index is 1.76. The third kappa shape index (κ3) is 4.04. The molecule has 2 aromatic heterocycles. The molecule has 2 aromatic carbocycles. The first-order valence-corrected chi connectivity index (χ1v) is 9.98. The van der Waals surface area contributed by atoms with E-state index in [1.807, 2.05) is 0 Å². The summed E-state index contributed by atoms with van der Waals surface area (Å²) in [7, 11) is 1.55. The lowest BCUT2D eigenvalue weighted by atomic mass is 10.1. The number of pyridine rings is 1. The number of fused-ring (bicyclic) bond motifs is 1. The average molecular weight is 445 g/mol. The zero-order chi connectivity index (χ0) is 23.5. The van der Waals surface area contributed by atoms with Crippen LogP contribution in [0, 0.1) is 4.91 Å². The standard InChI is InChI=1S/C24H20N4O5/c1-33-18-10-8-16(9-11-18)26-24(31)20-19-7-2-3-12-27(19)22(21(20)25)23(30)15-5-4-6-17(13-15)28(32)14-29/h2-13,29H,14H2,1H3,(H2-,25,26,30,31)/p+1. The number of nitrogens with one attached hydrogen (secondary N) is 1. The van der Waals surface area contributed by atoms with Gasteiger partial charge in [0.2, 0.25) is 5.78 Å². The number of rotatable bonds is 7. The molecule has 0 bridgehead atoms. The number of nitrogens with zero attached hydrogens (tertiary/aromatic N) is 2. The number of methoxy groups -OCH3 is 1. The Morgan fingerprint density at radius 2 is 1.85 bits per heavy atom. The van der Waals surface area contributed by atoms with Crippen molar-refractivity contribution in [2.45, 2.75) is 0 Å². The zero-order valence-corrected chi connectivity index (χ0v) is 17.7. The number of carbonyl (C=O) groups is 2. The van der Waals surface area contributed by atoms with E-state index in [1.54, 1.807) is 60.2 Å². The van der Waals surface area contributed by atoms with Crippen molar-refractivity contribution in [1.29, 1.82) is 0 Å². The van der Waals surface area contributed by atoms with Gasteiger partial charge in [-0.1, -0.05) is 18.2 Å². The number of ether oxygens (including phenoxy) is 1. The van der Waals surface area contributed by atoms with Crippen molar-refractivity contribution in [3.63, 3.8) is 0 Å². The molecular formula is C24H21N4O5+. The Morgan fingerprint density at radius 3 is 2.55 bits per heavy atom. The second-order valence-corrected chi connectivity index (χ2v) is 7.18. The van der Waals surface area contributed by atoms with Crippen molar-refractivity contribution < 1.29 is 24.2 Å². The Kier molecular flexibility index (Phi) is 5.88. The van der Waals surface area contributed by atoms with Gasteiger partial charge in [-0.15, -0.1) is 0 Å². The fourth-order valence-corrected chi connectivity index (χ4v) is 3.59. The quantitative estimate of drug-likeness (QED) is 0.227. The Labute approximate surface area is 188 Å².